The van der Waals surface area contributed by atoms with Crippen LogP contribution in [0.3, 0.4) is 0 Å². The van der Waals surface area contributed by atoms with E-state index >= 15 is 0 Å². The molecule has 0 radical (unpaired) electrons. The van der Waals surface area contributed by atoms with E-state index in [0.29, 0.717) is 10.8 Å². The largest absolute Gasteiger partial charge is 0.478 e. The van der Waals surface area contributed by atoms with Gasteiger partial charge in [0.05, 0.1) is 11.3 Å². The van der Waals surface area contributed by atoms with Crippen LogP contribution in [0.15, 0.2) is 42.5 Å². The maximum absolute atomic E-state index is 11.9. The summed E-state index contributed by atoms with van der Waals surface area (Å²) in [5.74, 6) is -1.76. The first-order chi connectivity index (χ1) is 11.3. The number of carbonyl (C=O) groups is 3. The highest BCUT2D eigenvalue weighted by Gasteiger charge is 2.20. The number of benzene rings is 2. The maximum atomic E-state index is 11.9. The first kappa shape index (κ1) is 17.5. The summed E-state index contributed by atoms with van der Waals surface area (Å²) in [5, 5.41) is 10.7. The van der Waals surface area contributed by atoms with Crippen molar-refractivity contribution in [3.8, 4) is 5.75 Å². The fourth-order valence-electron chi connectivity index (χ4n) is 2.04. The zero-order valence-corrected chi connectivity index (χ0v) is 13.7. The van der Waals surface area contributed by atoms with Gasteiger partial charge in [0.1, 0.15) is 0 Å². The molecule has 0 unspecified atom stereocenters. The molecular formula is C17H14ClNO5. The number of carboxylic acid groups (broad SMARTS) is 1. The summed E-state index contributed by atoms with van der Waals surface area (Å²) in [4.78, 5) is 40.3. The van der Waals surface area contributed by atoms with Crippen LogP contribution in [0.4, 0.5) is 5.69 Å². The highest BCUT2D eigenvalue weighted by atomic mass is 35.5. The van der Waals surface area contributed by atoms with Gasteiger partial charge in [0, 0.05) is 17.5 Å². The molecule has 0 aromatic heterocycles. The number of hydrogen-bond donors (Lipinski definition) is 1. The van der Waals surface area contributed by atoms with Gasteiger partial charge in [-0.25, -0.2) is 4.79 Å². The number of ketones is 1. The monoisotopic (exact) mass is 347 g/mol. The van der Waals surface area contributed by atoms with Gasteiger partial charge in [0.15, 0.2) is 11.5 Å². The normalized spacial score (nSPS) is 10.1. The Bertz CT molecular complexity index is 801. The van der Waals surface area contributed by atoms with Crippen molar-refractivity contribution in [2.75, 3.05) is 5.06 Å². The SMILES string of the molecule is CC(=O)c1ccc(N(Oc2ccc(Cl)cc2)C(C)=O)cc1C(=O)O. The molecular weight excluding hydrogens is 334 g/mol. The Balaban J connectivity index is 2.42. The van der Waals surface area contributed by atoms with Crippen LogP contribution in [0, 0.1) is 0 Å². The number of halogens is 1. The lowest BCUT2D eigenvalue weighted by atomic mass is 10.0. The minimum Gasteiger partial charge on any atom is -0.478 e. The predicted molar refractivity (Wildman–Crippen MR) is 88.6 cm³/mol. The van der Waals surface area contributed by atoms with E-state index in [2.05, 4.69) is 0 Å². The van der Waals surface area contributed by atoms with Crippen LogP contribution in [0.2, 0.25) is 5.02 Å². The number of hydrogen-bond acceptors (Lipinski definition) is 4. The second kappa shape index (κ2) is 7.14. The van der Waals surface area contributed by atoms with Crippen molar-refractivity contribution >= 4 is 34.9 Å². The van der Waals surface area contributed by atoms with Crippen LogP contribution in [-0.2, 0) is 4.79 Å². The first-order valence-electron chi connectivity index (χ1n) is 6.92. The zero-order chi connectivity index (χ0) is 17.9. The van der Waals surface area contributed by atoms with Crippen molar-refractivity contribution < 1.29 is 24.3 Å². The van der Waals surface area contributed by atoms with Crippen molar-refractivity contribution in [2.24, 2.45) is 0 Å². The fourth-order valence-corrected chi connectivity index (χ4v) is 2.17. The molecule has 0 aliphatic carbocycles. The maximum Gasteiger partial charge on any atom is 0.336 e. The van der Waals surface area contributed by atoms with Crippen LogP contribution in [0.5, 0.6) is 5.75 Å². The molecule has 0 saturated heterocycles. The molecule has 124 valence electrons. The predicted octanol–water partition coefficient (Wildman–Crippen LogP) is 3.59. The van der Waals surface area contributed by atoms with E-state index in [0.717, 1.165) is 5.06 Å². The molecule has 0 fully saturated rings. The van der Waals surface area contributed by atoms with E-state index in [1.165, 1.54) is 32.0 Å². The van der Waals surface area contributed by atoms with Crippen molar-refractivity contribution in [1.82, 2.24) is 0 Å². The fraction of sp³-hybridized carbons (Fsp3) is 0.118. The minimum atomic E-state index is -1.27. The molecule has 24 heavy (non-hydrogen) atoms. The van der Waals surface area contributed by atoms with Gasteiger partial charge in [0.2, 0.25) is 0 Å². The zero-order valence-electron chi connectivity index (χ0n) is 12.9. The molecule has 0 aliphatic heterocycles. The summed E-state index contributed by atoms with van der Waals surface area (Å²) >= 11 is 5.80. The Labute approximate surface area is 143 Å². The Morgan fingerprint density at radius 2 is 1.62 bits per heavy atom. The summed E-state index contributed by atoms with van der Waals surface area (Å²) in [5.41, 5.74) is 0.0482. The Morgan fingerprint density at radius 1 is 1.00 bits per heavy atom. The van der Waals surface area contributed by atoms with Crippen LogP contribution < -0.4 is 9.90 Å². The van der Waals surface area contributed by atoms with Crippen molar-refractivity contribution in [2.45, 2.75) is 13.8 Å². The lowest BCUT2D eigenvalue weighted by molar-refractivity contribution is -0.120. The third kappa shape index (κ3) is 3.91. The number of Topliss-reactive ketones (excluding diaryl/α,β-unsaturated/α-hetero) is 1. The van der Waals surface area contributed by atoms with E-state index < -0.39 is 11.9 Å². The van der Waals surface area contributed by atoms with E-state index in [-0.39, 0.29) is 22.6 Å². The molecule has 1 N–H and O–H groups in total. The van der Waals surface area contributed by atoms with E-state index in [4.69, 9.17) is 16.4 Å². The van der Waals surface area contributed by atoms with E-state index in [1.54, 1.807) is 24.3 Å². The lowest BCUT2D eigenvalue weighted by Crippen LogP contribution is -2.32. The molecule has 0 atom stereocenters. The third-order valence-electron chi connectivity index (χ3n) is 3.14. The van der Waals surface area contributed by atoms with Crippen molar-refractivity contribution in [3.05, 3.63) is 58.6 Å². The molecule has 2 rings (SSSR count). The summed E-state index contributed by atoms with van der Waals surface area (Å²) in [6.45, 7) is 2.55. The molecule has 0 heterocycles. The molecule has 0 bridgehead atoms. The average molecular weight is 348 g/mol. The quantitative estimate of drug-likeness (QED) is 0.660. The number of rotatable bonds is 5. The molecule has 6 nitrogen and oxygen atoms in total. The number of nitrogens with zero attached hydrogens (tertiary/aromatic N) is 1. The topological polar surface area (TPSA) is 83.9 Å². The van der Waals surface area contributed by atoms with E-state index in [1.807, 2.05) is 0 Å². The second-order valence-corrected chi connectivity index (χ2v) is 5.39. The van der Waals surface area contributed by atoms with Gasteiger partial charge in [-0.3, -0.25) is 9.59 Å². The van der Waals surface area contributed by atoms with Crippen LogP contribution in [0.1, 0.15) is 34.6 Å². The molecule has 7 heteroatoms. The Hall–Kier alpha value is -2.86. The number of carboxylic acids is 1. The van der Waals surface area contributed by atoms with Crippen LogP contribution in [0.25, 0.3) is 0 Å². The van der Waals surface area contributed by atoms with E-state index in [9.17, 15) is 19.5 Å². The average Bonchev–Trinajstić information content (AvgIpc) is 2.53. The summed E-state index contributed by atoms with van der Waals surface area (Å²) in [6, 6.07) is 10.3. The first-order valence-corrected chi connectivity index (χ1v) is 7.30. The lowest BCUT2D eigenvalue weighted by Gasteiger charge is -2.21. The van der Waals surface area contributed by atoms with Crippen molar-refractivity contribution in [1.29, 1.82) is 0 Å². The number of aromatic carboxylic acids is 1. The highest BCUT2D eigenvalue weighted by Crippen LogP contribution is 2.24. The third-order valence-corrected chi connectivity index (χ3v) is 3.40. The van der Waals surface area contributed by atoms with Crippen molar-refractivity contribution in [3.63, 3.8) is 0 Å². The van der Waals surface area contributed by atoms with Gasteiger partial charge in [0.25, 0.3) is 5.91 Å². The smallest absolute Gasteiger partial charge is 0.336 e. The van der Waals surface area contributed by atoms with Gasteiger partial charge in [-0.05, 0) is 49.4 Å². The number of hydroxylamine groups is 1. The van der Waals surface area contributed by atoms with Crippen LogP contribution >= 0.6 is 11.6 Å². The van der Waals surface area contributed by atoms with Gasteiger partial charge >= 0.3 is 5.97 Å². The molecule has 2 aromatic rings. The Kier molecular flexibility index (Phi) is 5.21. The summed E-state index contributed by atoms with van der Waals surface area (Å²) in [6.07, 6.45) is 0. The number of amides is 1. The van der Waals surface area contributed by atoms with Gasteiger partial charge < -0.3 is 9.94 Å². The number of anilines is 1. The molecule has 0 aliphatic rings. The van der Waals surface area contributed by atoms with Crippen LogP contribution in [-0.4, -0.2) is 22.8 Å². The molecule has 2 aromatic carbocycles. The second-order valence-electron chi connectivity index (χ2n) is 4.95. The number of carbonyl (C=O) groups excluding carboxylic acids is 2. The van der Waals surface area contributed by atoms with Gasteiger partial charge in [-0.1, -0.05) is 11.6 Å². The molecule has 1 amide bonds. The highest BCUT2D eigenvalue weighted by molar-refractivity contribution is 6.30. The minimum absolute atomic E-state index is 0.0567. The molecule has 0 spiro atoms. The standard InChI is InChI=1S/C17H14ClNO5/c1-10(20)15-8-5-13(9-16(15)17(22)23)19(11(2)21)24-14-6-3-12(18)4-7-14/h3-9H,1-2H3,(H,22,23). The van der Waals surface area contributed by atoms with Gasteiger partial charge in [-0.15, -0.1) is 5.06 Å². The summed E-state index contributed by atoms with van der Waals surface area (Å²) < 4.78 is 0. The Morgan fingerprint density at radius 3 is 2.12 bits per heavy atom. The molecule has 0 saturated carbocycles. The summed E-state index contributed by atoms with van der Waals surface area (Å²) in [7, 11) is 0. The van der Waals surface area contributed by atoms with Gasteiger partial charge in [-0.2, -0.15) is 0 Å².